The second-order valence-electron chi connectivity index (χ2n) is 2.78. The molecule has 0 spiro atoms. The topological polar surface area (TPSA) is 35.5 Å². The van der Waals surface area contributed by atoms with Gasteiger partial charge in [-0.15, -0.1) is 0 Å². The minimum Gasteiger partial charge on any atom is -0.491 e. The fourth-order valence-electron chi connectivity index (χ4n) is 1.15. The van der Waals surface area contributed by atoms with Crippen molar-refractivity contribution < 1.29 is 14.3 Å². The Kier molecular flexibility index (Phi) is 4.71. The van der Waals surface area contributed by atoms with Gasteiger partial charge >= 0.3 is 5.97 Å². The van der Waals surface area contributed by atoms with Crippen LogP contribution in [0.2, 0.25) is 15.1 Å². The third-order valence-electron chi connectivity index (χ3n) is 1.80. The van der Waals surface area contributed by atoms with Crippen molar-refractivity contribution >= 4 is 40.8 Å². The number of esters is 1. The van der Waals surface area contributed by atoms with Crippen molar-refractivity contribution in [2.75, 3.05) is 13.7 Å². The van der Waals surface area contributed by atoms with Crippen LogP contribution >= 0.6 is 34.8 Å². The molecule has 0 atom stereocenters. The van der Waals surface area contributed by atoms with E-state index in [1.807, 2.05) is 0 Å². The molecule has 1 aromatic rings. The van der Waals surface area contributed by atoms with Crippen molar-refractivity contribution in [3.05, 3.63) is 26.7 Å². The fraction of sp³-hybridized carbons (Fsp3) is 0.300. The maximum Gasteiger partial charge on any atom is 0.343 e. The van der Waals surface area contributed by atoms with E-state index < -0.39 is 5.97 Å². The van der Waals surface area contributed by atoms with Crippen LogP contribution in [0.4, 0.5) is 0 Å². The number of halogens is 3. The molecule has 0 radical (unpaired) electrons. The summed E-state index contributed by atoms with van der Waals surface area (Å²) in [7, 11) is 1.24. The third-order valence-corrected chi connectivity index (χ3v) is 2.87. The molecule has 6 heteroatoms. The van der Waals surface area contributed by atoms with Gasteiger partial charge in [0, 0.05) is 0 Å². The van der Waals surface area contributed by atoms with E-state index in [9.17, 15) is 4.79 Å². The lowest BCUT2D eigenvalue weighted by Crippen LogP contribution is -2.07. The summed E-state index contributed by atoms with van der Waals surface area (Å²) in [5.41, 5.74) is 0.0449. The number of methoxy groups -OCH3 is 1. The van der Waals surface area contributed by atoms with Crippen molar-refractivity contribution in [1.82, 2.24) is 0 Å². The van der Waals surface area contributed by atoms with E-state index in [1.54, 1.807) is 6.92 Å². The number of carbonyl (C=O) groups is 1. The van der Waals surface area contributed by atoms with Crippen molar-refractivity contribution in [3.63, 3.8) is 0 Å². The molecule has 3 nitrogen and oxygen atoms in total. The first-order chi connectivity index (χ1) is 7.52. The summed E-state index contributed by atoms with van der Waals surface area (Å²) in [4.78, 5) is 11.5. The number of hydrogen-bond acceptors (Lipinski definition) is 3. The molecule has 0 heterocycles. The minimum absolute atomic E-state index is 0.0449. The lowest BCUT2D eigenvalue weighted by Gasteiger charge is -2.12. The SMILES string of the molecule is CCOc1c(Cl)cc(Cl)c(Cl)c1C(=O)OC. The van der Waals surface area contributed by atoms with Gasteiger partial charge in [-0.3, -0.25) is 0 Å². The largest absolute Gasteiger partial charge is 0.491 e. The van der Waals surface area contributed by atoms with Crippen LogP contribution in [0, 0.1) is 0 Å². The molecular formula is C10H9Cl3O3. The maximum atomic E-state index is 11.5. The summed E-state index contributed by atoms with van der Waals surface area (Å²) in [5, 5.41) is 0.466. The highest BCUT2D eigenvalue weighted by molar-refractivity contribution is 6.45. The van der Waals surface area contributed by atoms with E-state index in [0.29, 0.717) is 6.61 Å². The molecule has 0 aliphatic heterocycles. The number of ether oxygens (including phenoxy) is 2. The number of hydrogen-bond donors (Lipinski definition) is 0. The molecule has 0 aliphatic rings. The Morgan fingerprint density at radius 1 is 1.31 bits per heavy atom. The molecule has 0 amide bonds. The molecule has 1 aromatic carbocycles. The second kappa shape index (κ2) is 5.62. The van der Waals surface area contributed by atoms with Gasteiger partial charge < -0.3 is 9.47 Å². The number of rotatable bonds is 3. The van der Waals surface area contributed by atoms with Crippen LogP contribution in [-0.4, -0.2) is 19.7 Å². The first kappa shape index (κ1) is 13.4. The summed E-state index contributed by atoms with van der Waals surface area (Å²) in [6, 6.07) is 1.42. The number of benzene rings is 1. The standard InChI is InChI=1S/C10H9Cl3O3/c1-3-16-9-6(12)4-5(11)8(13)7(9)10(14)15-2/h4H,3H2,1-2H3. The van der Waals surface area contributed by atoms with E-state index in [4.69, 9.17) is 39.5 Å². The highest BCUT2D eigenvalue weighted by Crippen LogP contribution is 2.39. The molecule has 0 saturated carbocycles. The monoisotopic (exact) mass is 282 g/mol. The Hall–Kier alpha value is -0.640. The van der Waals surface area contributed by atoms with Gasteiger partial charge in [-0.1, -0.05) is 34.8 Å². The smallest absolute Gasteiger partial charge is 0.343 e. The molecule has 0 unspecified atom stereocenters. The molecule has 0 N–H and O–H groups in total. The van der Waals surface area contributed by atoms with E-state index in [1.165, 1.54) is 13.2 Å². The van der Waals surface area contributed by atoms with E-state index in [2.05, 4.69) is 4.74 Å². The van der Waals surface area contributed by atoms with Crippen LogP contribution in [0.15, 0.2) is 6.07 Å². The second-order valence-corrected chi connectivity index (χ2v) is 3.98. The van der Waals surface area contributed by atoms with Gasteiger partial charge in [0.25, 0.3) is 0 Å². The van der Waals surface area contributed by atoms with Crippen molar-refractivity contribution in [2.45, 2.75) is 6.92 Å². The third kappa shape index (κ3) is 2.54. The Labute approximate surface area is 108 Å². The van der Waals surface area contributed by atoms with Crippen LogP contribution in [0.5, 0.6) is 5.75 Å². The van der Waals surface area contributed by atoms with Gasteiger partial charge in [0.2, 0.25) is 0 Å². The molecule has 1 rings (SSSR count). The fourth-order valence-corrected chi connectivity index (χ4v) is 1.88. The van der Waals surface area contributed by atoms with Crippen LogP contribution in [0.1, 0.15) is 17.3 Å². The zero-order valence-corrected chi connectivity index (χ0v) is 10.9. The molecule has 0 bridgehead atoms. The molecule has 16 heavy (non-hydrogen) atoms. The Bertz CT molecular complexity index is 418. The van der Waals surface area contributed by atoms with Gasteiger partial charge in [0.1, 0.15) is 5.56 Å². The van der Waals surface area contributed by atoms with Crippen LogP contribution in [0.3, 0.4) is 0 Å². The van der Waals surface area contributed by atoms with Gasteiger partial charge in [0.05, 0.1) is 28.8 Å². The van der Waals surface area contributed by atoms with Crippen LogP contribution < -0.4 is 4.74 Å². The van der Waals surface area contributed by atoms with Gasteiger partial charge in [0.15, 0.2) is 5.75 Å². The zero-order chi connectivity index (χ0) is 12.3. The summed E-state index contributed by atoms with van der Waals surface area (Å²) in [6.45, 7) is 2.11. The molecule has 0 aromatic heterocycles. The molecule has 88 valence electrons. The molecule has 0 saturated heterocycles. The predicted octanol–water partition coefficient (Wildman–Crippen LogP) is 3.83. The highest BCUT2D eigenvalue weighted by Gasteiger charge is 2.23. The van der Waals surface area contributed by atoms with Gasteiger partial charge in [-0.2, -0.15) is 0 Å². The molecular weight excluding hydrogens is 274 g/mol. The normalized spacial score (nSPS) is 10.1. The van der Waals surface area contributed by atoms with Crippen molar-refractivity contribution in [3.8, 4) is 5.75 Å². The summed E-state index contributed by atoms with van der Waals surface area (Å²) in [6.07, 6.45) is 0. The lowest BCUT2D eigenvalue weighted by molar-refractivity contribution is 0.0596. The minimum atomic E-state index is -0.641. The van der Waals surface area contributed by atoms with E-state index in [-0.39, 0.29) is 26.4 Å². The summed E-state index contributed by atoms with van der Waals surface area (Å²) >= 11 is 17.6. The van der Waals surface area contributed by atoms with Gasteiger partial charge in [-0.25, -0.2) is 4.79 Å². The summed E-state index contributed by atoms with van der Waals surface area (Å²) in [5.74, 6) is -0.455. The molecule has 0 fully saturated rings. The van der Waals surface area contributed by atoms with Crippen molar-refractivity contribution in [1.29, 1.82) is 0 Å². The maximum absolute atomic E-state index is 11.5. The quantitative estimate of drug-likeness (QED) is 0.624. The number of carbonyl (C=O) groups excluding carboxylic acids is 1. The first-order valence-corrected chi connectivity index (χ1v) is 5.54. The Balaban J connectivity index is 3.44. The average molecular weight is 284 g/mol. The van der Waals surface area contributed by atoms with Crippen LogP contribution in [-0.2, 0) is 4.74 Å². The lowest BCUT2D eigenvalue weighted by atomic mass is 10.2. The van der Waals surface area contributed by atoms with E-state index >= 15 is 0 Å². The Morgan fingerprint density at radius 2 is 1.94 bits per heavy atom. The van der Waals surface area contributed by atoms with Crippen molar-refractivity contribution in [2.24, 2.45) is 0 Å². The highest BCUT2D eigenvalue weighted by atomic mass is 35.5. The first-order valence-electron chi connectivity index (χ1n) is 4.41. The Morgan fingerprint density at radius 3 is 2.44 bits per heavy atom. The van der Waals surface area contributed by atoms with Gasteiger partial charge in [-0.05, 0) is 13.0 Å². The van der Waals surface area contributed by atoms with Crippen LogP contribution in [0.25, 0.3) is 0 Å². The average Bonchev–Trinajstić information content (AvgIpc) is 2.25. The predicted molar refractivity (Wildman–Crippen MR) is 64.0 cm³/mol. The molecule has 0 aliphatic carbocycles. The van der Waals surface area contributed by atoms with E-state index in [0.717, 1.165) is 0 Å². The zero-order valence-electron chi connectivity index (χ0n) is 8.64. The summed E-state index contributed by atoms with van der Waals surface area (Å²) < 4.78 is 9.84.